The van der Waals surface area contributed by atoms with E-state index in [1.807, 2.05) is 0 Å². The molecule has 19 heavy (non-hydrogen) atoms. The van der Waals surface area contributed by atoms with Gasteiger partial charge in [0.15, 0.2) is 0 Å². The van der Waals surface area contributed by atoms with E-state index in [2.05, 4.69) is 0 Å². The Bertz CT molecular complexity index is 511. The molecule has 0 aliphatic heterocycles. The first-order chi connectivity index (χ1) is 8.66. The lowest BCUT2D eigenvalue weighted by Crippen LogP contribution is -2.43. The van der Waals surface area contributed by atoms with E-state index < -0.39 is 17.3 Å². The second-order valence-corrected chi connectivity index (χ2v) is 5.17. The van der Waals surface area contributed by atoms with Crippen LogP contribution in [0, 0.1) is 18.2 Å². The van der Waals surface area contributed by atoms with E-state index in [-0.39, 0.29) is 12.4 Å². The molecule has 0 spiro atoms. The number of halogens is 1. The lowest BCUT2D eigenvalue weighted by atomic mass is 9.92. The summed E-state index contributed by atoms with van der Waals surface area (Å²) in [5.74, 6) is -1.95. The van der Waals surface area contributed by atoms with E-state index in [9.17, 15) is 14.0 Å². The van der Waals surface area contributed by atoms with Crippen LogP contribution in [-0.2, 0) is 16.1 Å². The average molecular weight is 267 g/mol. The number of carbonyl (C=O) groups is 2. The highest BCUT2D eigenvalue weighted by Gasteiger charge is 2.38. The Balaban J connectivity index is 2.85. The van der Waals surface area contributed by atoms with Gasteiger partial charge in [-0.15, -0.1) is 0 Å². The number of benzene rings is 1. The largest absolute Gasteiger partial charge is 0.480 e. The molecule has 0 aliphatic carbocycles. The van der Waals surface area contributed by atoms with Crippen molar-refractivity contribution >= 4 is 11.9 Å². The molecule has 4 nitrogen and oxygen atoms in total. The summed E-state index contributed by atoms with van der Waals surface area (Å²) in [6.07, 6.45) is 0. The summed E-state index contributed by atoms with van der Waals surface area (Å²) in [7, 11) is 1.53. The van der Waals surface area contributed by atoms with Crippen LogP contribution in [0.2, 0.25) is 0 Å². The molecule has 1 amide bonds. The van der Waals surface area contributed by atoms with Gasteiger partial charge in [-0.25, -0.2) is 4.39 Å². The summed E-state index contributed by atoms with van der Waals surface area (Å²) >= 11 is 0. The van der Waals surface area contributed by atoms with Crippen LogP contribution in [0.25, 0.3) is 0 Å². The van der Waals surface area contributed by atoms with Crippen LogP contribution in [0.15, 0.2) is 18.2 Å². The third-order valence-electron chi connectivity index (χ3n) is 3.06. The summed E-state index contributed by atoms with van der Waals surface area (Å²) in [5.41, 5.74) is -0.212. The summed E-state index contributed by atoms with van der Waals surface area (Å²) in [6.45, 7) is 4.62. The number of amides is 1. The molecule has 0 aliphatic rings. The van der Waals surface area contributed by atoms with E-state index in [4.69, 9.17) is 5.11 Å². The molecule has 0 saturated heterocycles. The summed E-state index contributed by atoms with van der Waals surface area (Å²) in [6, 6.07) is 4.57. The van der Waals surface area contributed by atoms with Crippen LogP contribution >= 0.6 is 0 Å². The molecule has 0 unspecified atom stereocenters. The third-order valence-corrected chi connectivity index (χ3v) is 3.06. The van der Waals surface area contributed by atoms with Crippen molar-refractivity contribution < 1.29 is 19.1 Å². The zero-order valence-corrected chi connectivity index (χ0v) is 11.5. The topological polar surface area (TPSA) is 57.6 Å². The SMILES string of the molecule is Cc1cc(CN(C)C(=O)C(C)(C)C(=O)O)ccc1F. The summed E-state index contributed by atoms with van der Waals surface area (Å²) in [4.78, 5) is 24.4. The van der Waals surface area contributed by atoms with Crippen molar-refractivity contribution in [2.75, 3.05) is 7.05 Å². The van der Waals surface area contributed by atoms with Crippen molar-refractivity contribution in [3.05, 3.63) is 35.1 Å². The number of carbonyl (C=O) groups excluding carboxylic acids is 1. The van der Waals surface area contributed by atoms with Gasteiger partial charge < -0.3 is 10.0 Å². The van der Waals surface area contributed by atoms with Crippen molar-refractivity contribution in [2.24, 2.45) is 5.41 Å². The van der Waals surface area contributed by atoms with Crippen LogP contribution < -0.4 is 0 Å². The fourth-order valence-electron chi connectivity index (χ4n) is 1.72. The summed E-state index contributed by atoms with van der Waals surface area (Å²) < 4.78 is 13.1. The Labute approximate surface area is 111 Å². The Morgan fingerprint density at radius 2 is 1.95 bits per heavy atom. The van der Waals surface area contributed by atoms with Crippen molar-refractivity contribution in [1.82, 2.24) is 4.90 Å². The van der Waals surface area contributed by atoms with Gasteiger partial charge in [0.25, 0.3) is 0 Å². The molecule has 104 valence electrons. The van der Waals surface area contributed by atoms with E-state index in [1.165, 1.54) is 31.9 Å². The number of rotatable bonds is 4. The second-order valence-electron chi connectivity index (χ2n) is 5.17. The smallest absolute Gasteiger partial charge is 0.318 e. The van der Waals surface area contributed by atoms with Crippen molar-refractivity contribution in [3.63, 3.8) is 0 Å². The summed E-state index contributed by atoms with van der Waals surface area (Å²) in [5, 5.41) is 9.01. The van der Waals surface area contributed by atoms with Gasteiger partial charge in [-0.3, -0.25) is 9.59 Å². The molecule has 0 heterocycles. The Morgan fingerprint density at radius 1 is 1.37 bits per heavy atom. The fourth-order valence-corrected chi connectivity index (χ4v) is 1.72. The fraction of sp³-hybridized carbons (Fsp3) is 0.429. The molecular formula is C14H18FNO3. The van der Waals surface area contributed by atoms with E-state index >= 15 is 0 Å². The monoisotopic (exact) mass is 267 g/mol. The van der Waals surface area contributed by atoms with Gasteiger partial charge in [0.2, 0.25) is 5.91 Å². The molecule has 0 saturated carbocycles. The lowest BCUT2D eigenvalue weighted by Gasteiger charge is -2.26. The van der Waals surface area contributed by atoms with Crippen LogP contribution in [0.3, 0.4) is 0 Å². The predicted octanol–water partition coefficient (Wildman–Crippen LogP) is 2.20. The quantitative estimate of drug-likeness (QED) is 0.851. The minimum atomic E-state index is -1.47. The molecule has 1 rings (SSSR count). The van der Waals surface area contributed by atoms with Gasteiger partial charge in [0.1, 0.15) is 11.2 Å². The zero-order valence-electron chi connectivity index (χ0n) is 11.5. The molecule has 0 aromatic heterocycles. The van der Waals surface area contributed by atoms with Gasteiger partial charge in [-0.1, -0.05) is 12.1 Å². The Hall–Kier alpha value is -1.91. The number of carboxylic acids is 1. The molecule has 5 heteroatoms. The first-order valence-corrected chi connectivity index (χ1v) is 5.90. The predicted molar refractivity (Wildman–Crippen MR) is 69.0 cm³/mol. The minimum Gasteiger partial charge on any atom is -0.480 e. The first-order valence-electron chi connectivity index (χ1n) is 5.90. The molecule has 0 atom stereocenters. The highest BCUT2D eigenvalue weighted by atomic mass is 19.1. The van der Waals surface area contributed by atoms with E-state index in [0.29, 0.717) is 5.56 Å². The maximum Gasteiger partial charge on any atom is 0.318 e. The van der Waals surface area contributed by atoms with Crippen molar-refractivity contribution in [2.45, 2.75) is 27.3 Å². The molecule has 1 aromatic carbocycles. The molecular weight excluding hydrogens is 249 g/mol. The van der Waals surface area contributed by atoms with Crippen molar-refractivity contribution in [3.8, 4) is 0 Å². The first kappa shape index (κ1) is 15.1. The maximum absolute atomic E-state index is 13.1. The van der Waals surface area contributed by atoms with Gasteiger partial charge in [0.05, 0.1) is 0 Å². The third kappa shape index (κ3) is 3.30. The van der Waals surface area contributed by atoms with Gasteiger partial charge >= 0.3 is 5.97 Å². The molecule has 0 bridgehead atoms. The zero-order chi connectivity index (χ0) is 14.8. The van der Waals surface area contributed by atoms with Gasteiger partial charge in [0, 0.05) is 13.6 Å². The number of carboxylic acid groups (broad SMARTS) is 1. The van der Waals surface area contributed by atoms with Crippen LogP contribution in [0.4, 0.5) is 4.39 Å². The molecule has 0 fully saturated rings. The Kier molecular flexibility index (Phi) is 4.29. The molecule has 1 aromatic rings. The van der Waals surface area contributed by atoms with E-state index in [1.54, 1.807) is 19.1 Å². The number of aryl methyl sites for hydroxylation is 1. The van der Waals surface area contributed by atoms with Crippen LogP contribution in [0.5, 0.6) is 0 Å². The average Bonchev–Trinajstić information content (AvgIpc) is 2.32. The number of hydrogen-bond donors (Lipinski definition) is 1. The minimum absolute atomic E-state index is 0.247. The van der Waals surface area contributed by atoms with Crippen LogP contribution in [-0.4, -0.2) is 28.9 Å². The lowest BCUT2D eigenvalue weighted by molar-refractivity contribution is -0.157. The molecule has 0 radical (unpaired) electrons. The number of hydrogen-bond acceptors (Lipinski definition) is 2. The Morgan fingerprint density at radius 3 is 2.42 bits per heavy atom. The normalized spacial score (nSPS) is 11.2. The highest BCUT2D eigenvalue weighted by molar-refractivity contribution is 6.00. The molecule has 1 N–H and O–H groups in total. The van der Waals surface area contributed by atoms with Crippen LogP contribution in [0.1, 0.15) is 25.0 Å². The van der Waals surface area contributed by atoms with Crippen molar-refractivity contribution in [1.29, 1.82) is 0 Å². The standard InChI is InChI=1S/C14H18FNO3/c1-9-7-10(5-6-11(9)15)8-16(4)12(17)14(2,3)13(18)19/h5-7H,8H2,1-4H3,(H,18,19). The maximum atomic E-state index is 13.1. The number of aliphatic carboxylic acids is 1. The van der Waals surface area contributed by atoms with Gasteiger partial charge in [-0.2, -0.15) is 0 Å². The second kappa shape index (κ2) is 5.38. The van der Waals surface area contributed by atoms with E-state index in [0.717, 1.165) is 5.56 Å². The highest BCUT2D eigenvalue weighted by Crippen LogP contribution is 2.20. The number of nitrogens with zero attached hydrogens (tertiary/aromatic N) is 1. The van der Waals surface area contributed by atoms with Gasteiger partial charge in [-0.05, 0) is 38.0 Å².